The smallest absolute Gasteiger partial charge is 0.358 e. The summed E-state index contributed by atoms with van der Waals surface area (Å²) in [5.41, 5.74) is -0.0908. The van der Waals surface area contributed by atoms with E-state index in [1.807, 2.05) is 11.8 Å². The summed E-state index contributed by atoms with van der Waals surface area (Å²) in [6.45, 7) is 0. The van der Waals surface area contributed by atoms with E-state index >= 15 is 0 Å². The monoisotopic (exact) mass is 228 g/mol. The van der Waals surface area contributed by atoms with Gasteiger partial charge in [0.1, 0.15) is 0 Å². The Kier molecular flexibility index (Phi) is 2.86. The summed E-state index contributed by atoms with van der Waals surface area (Å²) in [5, 5.41) is 22.2. The molecular weight excluding hydrogens is 216 g/mol. The Morgan fingerprint density at radius 3 is 2.80 bits per heavy atom. The minimum Gasteiger partial charge on any atom is -0.504 e. The normalized spacial score (nSPS) is 17.9. The molecule has 1 aromatic rings. The summed E-state index contributed by atoms with van der Waals surface area (Å²) >= 11 is 1.86. The molecule has 2 rings (SSSR count). The van der Waals surface area contributed by atoms with E-state index in [9.17, 15) is 9.90 Å². The molecule has 0 atom stereocenters. The van der Waals surface area contributed by atoms with E-state index in [1.54, 1.807) is 0 Å². The first kappa shape index (κ1) is 10.4. The van der Waals surface area contributed by atoms with Crippen LogP contribution in [0.1, 0.15) is 29.4 Å². The molecule has 5 nitrogen and oxygen atoms in total. The number of aromatic nitrogens is 2. The lowest BCUT2D eigenvalue weighted by atomic mass is 10.1. The van der Waals surface area contributed by atoms with Gasteiger partial charge in [-0.25, -0.2) is 4.79 Å². The van der Waals surface area contributed by atoms with Gasteiger partial charge in [-0.2, -0.15) is 16.9 Å². The van der Waals surface area contributed by atoms with Gasteiger partial charge in [0.05, 0.1) is 12.2 Å². The zero-order valence-electron chi connectivity index (χ0n) is 8.09. The zero-order valence-corrected chi connectivity index (χ0v) is 8.90. The van der Waals surface area contributed by atoms with Crippen LogP contribution >= 0.6 is 11.8 Å². The number of hydrogen-bond acceptors (Lipinski definition) is 4. The lowest BCUT2D eigenvalue weighted by Gasteiger charge is -2.22. The van der Waals surface area contributed by atoms with Gasteiger partial charge in [0.25, 0.3) is 0 Å². The van der Waals surface area contributed by atoms with Crippen LogP contribution in [0, 0.1) is 0 Å². The molecule has 0 spiro atoms. The van der Waals surface area contributed by atoms with Crippen LogP contribution in [-0.2, 0) is 0 Å². The second kappa shape index (κ2) is 4.14. The molecule has 0 aromatic carbocycles. The molecule has 0 aliphatic carbocycles. The molecular formula is C9H12N2O3S. The fourth-order valence-electron chi connectivity index (χ4n) is 1.77. The number of aromatic carboxylic acids is 1. The molecule has 0 radical (unpaired) electrons. The number of rotatable bonds is 2. The Balaban J connectivity index is 2.30. The maximum Gasteiger partial charge on any atom is 0.358 e. The molecule has 0 amide bonds. The van der Waals surface area contributed by atoms with E-state index in [4.69, 9.17) is 5.11 Å². The van der Waals surface area contributed by atoms with Crippen LogP contribution in [0.25, 0.3) is 0 Å². The van der Waals surface area contributed by atoms with E-state index in [0.29, 0.717) is 0 Å². The Bertz CT molecular complexity index is 371. The van der Waals surface area contributed by atoms with Gasteiger partial charge >= 0.3 is 5.97 Å². The van der Waals surface area contributed by atoms with Gasteiger partial charge in [0.2, 0.25) is 0 Å². The zero-order chi connectivity index (χ0) is 10.8. The van der Waals surface area contributed by atoms with Crippen molar-refractivity contribution in [1.82, 2.24) is 9.78 Å². The van der Waals surface area contributed by atoms with Gasteiger partial charge < -0.3 is 10.2 Å². The van der Waals surface area contributed by atoms with Crippen molar-refractivity contribution >= 4 is 17.7 Å². The minimum absolute atomic E-state index is 0.0908. The molecule has 1 aromatic heterocycles. The number of thioether (sulfide) groups is 1. The highest BCUT2D eigenvalue weighted by molar-refractivity contribution is 7.99. The number of carbonyl (C=O) groups is 1. The average molecular weight is 228 g/mol. The van der Waals surface area contributed by atoms with Crippen molar-refractivity contribution < 1.29 is 15.0 Å². The fourth-order valence-corrected chi connectivity index (χ4v) is 2.85. The van der Waals surface area contributed by atoms with E-state index in [0.717, 1.165) is 24.3 Å². The van der Waals surface area contributed by atoms with Crippen molar-refractivity contribution in [2.75, 3.05) is 11.5 Å². The predicted octanol–water partition coefficient (Wildman–Crippen LogP) is 1.35. The number of nitrogens with zero attached hydrogens (tertiary/aromatic N) is 2. The third kappa shape index (κ3) is 1.94. The van der Waals surface area contributed by atoms with Crippen molar-refractivity contribution in [3.05, 3.63) is 11.9 Å². The lowest BCUT2D eigenvalue weighted by molar-refractivity contribution is 0.0676. The largest absolute Gasteiger partial charge is 0.504 e. The van der Waals surface area contributed by atoms with E-state index < -0.39 is 5.97 Å². The highest BCUT2D eigenvalue weighted by Crippen LogP contribution is 2.29. The van der Waals surface area contributed by atoms with Gasteiger partial charge in [0.15, 0.2) is 11.4 Å². The molecule has 15 heavy (non-hydrogen) atoms. The first-order chi connectivity index (χ1) is 7.20. The van der Waals surface area contributed by atoms with Crippen LogP contribution in [0.4, 0.5) is 0 Å². The predicted molar refractivity (Wildman–Crippen MR) is 56.4 cm³/mol. The topological polar surface area (TPSA) is 75.3 Å². The molecule has 1 aliphatic heterocycles. The third-order valence-electron chi connectivity index (χ3n) is 2.52. The first-order valence-corrected chi connectivity index (χ1v) is 5.93. The van der Waals surface area contributed by atoms with Crippen LogP contribution in [0.5, 0.6) is 5.75 Å². The standard InChI is InChI=1S/C9H12N2O3S/c12-7-5-10-11(8(7)9(13)14)6-1-3-15-4-2-6/h5-6,12H,1-4H2,(H,13,14). The molecule has 2 N–H and O–H groups in total. The Labute approximate surface area is 91.1 Å². The van der Waals surface area contributed by atoms with E-state index in [-0.39, 0.29) is 17.5 Å². The van der Waals surface area contributed by atoms with Crippen molar-refractivity contribution in [3.63, 3.8) is 0 Å². The first-order valence-electron chi connectivity index (χ1n) is 4.77. The van der Waals surface area contributed by atoms with Crippen molar-refractivity contribution in [3.8, 4) is 5.75 Å². The van der Waals surface area contributed by atoms with Gasteiger partial charge in [-0.3, -0.25) is 4.68 Å². The van der Waals surface area contributed by atoms with Gasteiger partial charge in [-0.1, -0.05) is 0 Å². The van der Waals surface area contributed by atoms with Crippen LogP contribution in [0.2, 0.25) is 0 Å². The van der Waals surface area contributed by atoms with Gasteiger partial charge in [0, 0.05) is 0 Å². The van der Waals surface area contributed by atoms with E-state index in [1.165, 1.54) is 10.9 Å². The molecule has 0 bridgehead atoms. The lowest BCUT2D eigenvalue weighted by Crippen LogP contribution is -2.20. The van der Waals surface area contributed by atoms with E-state index in [2.05, 4.69) is 5.10 Å². The maximum absolute atomic E-state index is 10.9. The Morgan fingerprint density at radius 1 is 1.53 bits per heavy atom. The molecule has 82 valence electrons. The number of aromatic hydroxyl groups is 1. The molecule has 1 aliphatic rings. The number of carboxylic acid groups (broad SMARTS) is 1. The second-order valence-electron chi connectivity index (χ2n) is 3.47. The summed E-state index contributed by atoms with van der Waals surface area (Å²) in [4.78, 5) is 10.9. The van der Waals surface area contributed by atoms with Crippen LogP contribution in [-0.4, -0.2) is 37.5 Å². The summed E-state index contributed by atoms with van der Waals surface area (Å²) in [7, 11) is 0. The van der Waals surface area contributed by atoms with Crippen LogP contribution in [0.15, 0.2) is 6.20 Å². The minimum atomic E-state index is -1.12. The highest BCUT2D eigenvalue weighted by Gasteiger charge is 2.24. The summed E-state index contributed by atoms with van der Waals surface area (Å²) < 4.78 is 1.44. The fraction of sp³-hybridized carbons (Fsp3) is 0.556. The summed E-state index contributed by atoms with van der Waals surface area (Å²) in [5.74, 6) is 0.665. The Hall–Kier alpha value is -1.17. The van der Waals surface area contributed by atoms with Gasteiger partial charge in [-0.15, -0.1) is 0 Å². The van der Waals surface area contributed by atoms with Gasteiger partial charge in [-0.05, 0) is 24.3 Å². The summed E-state index contributed by atoms with van der Waals surface area (Å²) in [6.07, 6.45) is 3.02. The Morgan fingerprint density at radius 2 is 2.20 bits per heavy atom. The molecule has 0 saturated carbocycles. The van der Waals surface area contributed by atoms with Crippen LogP contribution < -0.4 is 0 Å². The quantitative estimate of drug-likeness (QED) is 0.799. The number of carboxylic acids is 1. The number of hydrogen-bond donors (Lipinski definition) is 2. The summed E-state index contributed by atoms with van der Waals surface area (Å²) in [6, 6.07) is 0.109. The molecule has 2 heterocycles. The highest BCUT2D eigenvalue weighted by atomic mass is 32.2. The maximum atomic E-state index is 10.9. The molecule has 1 saturated heterocycles. The average Bonchev–Trinajstić information content (AvgIpc) is 2.61. The van der Waals surface area contributed by atoms with Crippen LogP contribution in [0.3, 0.4) is 0 Å². The van der Waals surface area contributed by atoms with Crippen molar-refractivity contribution in [2.24, 2.45) is 0 Å². The molecule has 6 heteroatoms. The molecule has 1 fully saturated rings. The SMILES string of the molecule is O=C(O)c1c(O)cnn1C1CCSCC1. The van der Waals surface area contributed by atoms with Crippen molar-refractivity contribution in [1.29, 1.82) is 0 Å². The second-order valence-corrected chi connectivity index (χ2v) is 4.70. The molecule has 0 unspecified atom stereocenters. The van der Waals surface area contributed by atoms with Crippen molar-refractivity contribution in [2.45, 2.75) is 18.9 Å². The third-order valence-corrected chi connectivity index (χ3v) is 3.56.